The van der Waals surface area contributed by atoms with E-state index in [1.165, 1.54) is 0 Å². The normalized spacial score (nSPS) is 13.6. The number of benzene rings is 2. The van der Waals surface area contributed by atoms with Crippen LogP contribution in [0.2, 0.25) is 0 Å². The molecule has 0 aliphatic carbocycles. The highest BCUT2D eigenvalue weighted by molar-refractivity contribution is 5.97. The summed E-state index contributed by atoms with van der Waals surface area (Å²) >= 11 is 0. The van der Waals surface area contributed by atoms with Gasteiger partial charge in [-0.05, 0) is 49.2 Å². The van der Waals surface area contributed by atoms with Crippen LogP contribution in [0.5, 0.6) is 0 Å². The summed E-state index contributed by atoms with van der Waals surface area (Å²) in [5.41, 5.74) is 3.22. The minimum Gasteiger partial charge on any atom is -0.349 e. The molecule has 3 rings (SSSR count). The van der Waals surface area contributed by atoms with Crippen molar-refractivity contribution in [2.45, 2.75) is 32.7 Å². The topological polar surface area (TPSA) is 78.5 Å². The molecule has 140 valence electrons. The standard InChI is InChI=1S/C21H23N3O3/c1-14(22-21(27)16-6-4-3-5-7-16)12-20(26)23-18-8-9-19-17(13-18)10-11-24(19)15(2)25/h3-9,13-14H,10-12H2,1-2H3,(H,22,27)(H,23,26)/t14-/m1/s1. The van der Waals surface area contributed by atoms with Crippen LogP contribution in [0.15, 0.2) is 48.5 Å². The maximum Gasteiger partial charge on any atom is 0.251 e. The molecule has 0 radical (unpaired) electrons. The Kier molecular flexibility index (Phi) is 5.54. The number of nitrogens with zero attached hydrogens (tertiary/aromatic N) is 1. The van der Waals surface area contributed by atoms with Gasteiger partial charge < -0.3 is 15.5 Å². The quantitative estimate of drug-likeness (QED) is 0.855. The second kappa shape index (κ2) is 8.03. The summed E-state index contributed by atoms with van der Waals surface area (Å²) in [5.74, 6) is -0.344. The lowest BCUT2D eigenvalue weighted by Crippen LogP contribution is -2.35. The number of fused-ring (bicyclic) bond motifs is 1. The highest BCUT2D eigenvalue weighted by Gasteiger charge is 2.22. The lowest BCUT2D eigenvalue weighted by molar-refractivity contribution is -0.117. The molecule has 27 heavy (non-hydrogen) atoms. The largest absolute Gasteiger partial charge is 0.349 e. The Balaban J connectivity index is 1.55. The van der Waals surface area contributed by atoms with Crippen LogP contribution in [-0.4, -0.2) is 30.3 Å². The van der Waals surface area contributed by atoms with Crippen LogP contribution in [0.25, 0.3) is 0 Å². The molecule has 0 saturated heterocycles. The molecule has 0 spiro atoms. The van der Waals surface area contributed by atoms with Gasteiger partial charge in [-0.15, -0.1) is 0 Å². The first-order chi connectivity index (χ1) is 12.9. The van der Waals surface area contributed by atoms with Gasteiger partial charge in [-0.2, -0.15) is 0 Å². The average molecular weight is 365 g/mol. The molecule has 0 saturated carbocycles. The average Bonchev–Trinajstić information content (AvgIpc) is 3.05. The lowest BCUT2D eigenvalue weighted by Gasteiger charge is -2.16. The molecular formula is C21H23N3O3. The maximum atomic E-state index is 12.3. The van der Waals surface area contributed by atoms with E-state index in [4.69, 9.17) is 0 Å². The highest BCUT2D eigenvalue weighted by Crippen LogP contribution is 2.30. The summed E-state index contributed by atoms with van der Waals surface area (Å²) in [6, 6.07) is 14.2. The summed E-state index contributed by atoms with van der Waals surface area (Å²) in [5, 5.41) is 5.69. The van der Waals surface area contributed by atoms with Gasteiger partial charge in [-0.1, -0.05) is 18.2 Å². The van der Waals surface area contributed by atoms with E-state index in [1.54, 1.807) is 49.1 Å². The molecule has 0 unspecified atom stereocenters. The number of carbonyl (C=O) groups excluding carboxylic acids is 3. The zero-order valence-corrected chi connectivity index (χ0v) is 15.5. The third kappa shape index (κ3) is 4.53. The molecule has 1 aliphatic rings. The van der Waals surface area contributed by atoms with Gasteiger partial charge in [0.2, 0.25) is 11.8 Å². The van der Waals surface area contributed by atoms with Crippen molar-refractivity contribution in [1.82, 2.24) is 5.32 Å². The number of anilines is 2. The van der Waals surface area contributed by atoms with Crippen LogP contribution in [-0.2, 0) is 16.0 Å². The van der Waals surface area contributed by atoms with Gasteiger partial charge in [0.25, 0.3) is 5.91 Å². The van der Waals surface area contributed by atoms with Crippen molar-refractivity contribution < 1.29 is 14.4 Å². The van der Waals surface area contributed by atoms with Gasteiger partial charge in [0, 0.05) is 42.9 Å². The second-order valence-corrected chi connectivity index (χ2v) is 6.76. The van der Waals surface area contributed by atoms with Gasteiger partial charge in [-0.25, -0.2) is 0 Å². The molecule has 1 aliphatic heterocycles. The Bertz CT molecular complexity index is 864. The van der Waals surface area contributed by atoms with E-state index < -0.39 is 0 Å². The number of carbonyl (C=O) groups is 3. The van der Waals surface area contributed by atoms with E-state index in [9.17, 15) is 14.4 Å². The van der Waals surface area contributed by atoms with Gasteiger partial charge in [0.05, 0.1) is 0 Å². The molecule has 1 heterocycles. The molecule has 6 heteroatoms. The van der Waals surface area contributed by atoms with Gasteiger partial charge in [0.15, 0.2) is 0 Å². The maximum absolute atomic E-state index is 12.3. The van der Waals surface area contributed by atoms with Gasteiger partial charge in [0.1, 0.15) is 0 Å². The van der Waals surface area contributed by atoms with Crippen LogP contribution in [0.3, 0.4) is 0 Å². The Hall–Kier alpha value is -3.15. The molecular weight excluding hydrogens is 342 g/mol. The third-order valence-corrected chi connectivity index (χ3v) is 4.54. The predicted molar refractivity (Wildman–Crippen MR) is 105 cm³/mol. The summed E-state index contributed by atoms with van der Waals surface area (Å²) in [6.45, 7) is 4.02. The van der Waals surface area contributed by atoms with Crippen molar-refractivity contribution in [2.24, 2.45) is 0 Å². The van der Waals surface area contributed by atoms with Crippen LogP contribution >= 0.6 is 0 Å². The number of hydrogen-bond donors (Lipinski definition) is 2. The Morgan fingerprint density at radius 2 is 1.85 bits per heavy atom. The smallest absolute Gasteiger partial charge is 0.251 e. The van der Waals surface area contributed by atoms with Crippen molar-refractivity contribution >= 4 is 29.1 Å². The molecule has 0 bridgehead atoms. The molecule has 2 aromatic rings. The summed E-state index contributed by atoms with van der Waals surface area (Å²) in [6.07, 6.45) is 0.956. The second-order valence-electron chi connectivity index (χ2n) is 6.76. The van der Waals surface area contributed by atoms with Crippen molar-refractivity contribution in [3.63, 3.8) is 0 Å². The lowest BCUT2D eigenvalue weighted by atomic mass is 10.1. The Labute approximate surface area is 158 Å². The molecule has 2 aromatic carbocycles. The van der Waals surface area contributed by atoms with E-state index in [-0.39, 0.29) is 30.2 Å². The van der Waals surface area contributed by atoms with E-state index in [0.717, 1.165) is 17.7 Å². The minimum atomic E-state index is -0.291. The molecule has 3 amide bonds. The number of nitrogens with one attached hydrogen (secondary N) is 2. The van der Waals surface area contributed by atoms with Crippen molar-refractivity contribution in [2.75, 3.05) is 16.8 Å². The van der Waals surface area contributed by atoms with Crippen LogP contribution < -0.4 is 15.5 Å². The zero-order valence-electron chi connectivity index (χ0n) is 15.5. The minimum absolute atomic E-state index is 0.0218. The first-order valence-electron chi connectivity index (χ1n) is 9.01. The van der Waals surface area contributed by atoms with Crippen molar-refractivity contribution in [3.8, 4) is 0 Å². The number of hydrogen-bond acceptors (Lipinski definition) is 3. The van der Waals surface area contributed by atoms with E-state index >= 15 is 0 Å². The van der Waals surface area contributed by atoms with Gasteiger partial charge >= 0.3 is 0 Å². The summed E-state index contributed by atoms with van der Waals surface area (Å²) < 4.78 is 0. The summed E-state index contributed by atoms with van der Waals surface area (Å²) in [4.78, 5) is 37.8. The SMILES string of the molecule is CC(=O)N1CCc2cc(NC(=O)C[C@@H](C)NC(=O)c3ccccc3)ccc21. The molecule has 0 aromatic heterocycles. The monoisotopic (exact) mass is 365 g/mol. The number of rotatable bonds is 5. The first-order valence-corrected chi connectivity index (χ1v) is 9.01. The van der Waals surface area contributed by atoms with Crippen LogP contribution in [0.1, 0.15) is 36.2 Å². The van der Waals surface area contributed by atoms with Crippen LogP contribution in [0.4, 0.5) is 11.4 Å². The molecule has 0 fully saturated rings. The first kappa shape index (κ1) is 18.6. The highest BCUT2D eigenvalue weighted by atomic mass is 16.2. The van der Waals surface area contributed by atoms with Crippen molar-refractivity contribution in [3.05, 3.63) is 59.7 Å². The zero-order chi connectivity index (χ0) is 19.4. The predicted octanol–water partition coefficient (Wildman–Crippen LogP) is 2.74. The van der Waals surface area contributed by atoms with Gasteiger partial charge in [-0.3, -0.25) is 14.4 Å². The fraction of sp³-hybridized carbons (Fsp3) is 0.286. The molecule has 2 N–H and O–H groups in total. The Morgan fingerprint density at radius 3 is 2.56 bits per heavy atom. The van der Waals surface area contributed by atoms with E-state index in [1.807, 2.05) is 18.2 Å². The molecule has 6 nitrogen and oxygen atoms in total. The Morgan fingerprint density at radius 1 is 1.11 bits per heavy atom. The fourth-order valence-corrected chi connectivity index (χ4v) is 3.24. The third-order valence-electron chi connectivity index (χ3n) is 4.54. The van der Waals surface area contributed by atoms with E-state index in [2.05, 4.69) is 10.6 Å². The number of amides is 3. The molecule has 1 atom stereocenters. The van der Waals surface area contributed by atoms with Crippen LogP contribution in [0, 0.1) is 0 Å². The summed E-state index contributed by atoms with van der Waals surface area (Å²) in [7, 11) is 0. The van der Waals surface area contributed by atoms with E-state index in [0.29, 0.717) is 17.8 Å². The van der Waals surface area contributed by atoms with Crippen molar-refractivity contribution in [1.29, 1.82) is 0 Å². The fourth-order valence-electron chi connectivity index (χ4n) is 3.24.